The van der Waals surface area contributed by atoms with E-state index in [0.717, 1.165) is 25.4 Å². The number of nitrogens with zero attached hydrogens (tertiary/aromatic N) is 1. The molecule has 1 atom stereocenters. The van der Waals surface area contributed by atoms with E-state index in [1.165, 1.54) is 19.3 Å². The van der Waals surface area contributed by atoms with Crippen LogP contribution in [-0.4, -0.2) is 29.7 Å². The Morgan fingerprint density at radius 1 is 1.33 bits per heavy atom. The van der Waals surface area contributed by atoms with Crippen LogP contribution in [0, 0.1) is 0 Å². The maximum Gasteiger partial charge on any atom is 0.120 e. The highest BCUT2D eigenvalue weighted by Crippen LogP contribution is 2.31. The van der Waals surface area contributed by atoms with Gasteiger partial charge in [-0.3, -0.25) is 4.90 Å². The van der Waals surface area contributed by atoms with Crippen molar-refractivity contribution in [1.82, 2.24) is 4.90 Å². The molecule has 1 unspecified atom stereocenters. The highest BCUT2D eigenvalue weighted by atomic mass is 19.1. The Hall–Kier alpha value is -0.110. The maximum atomic E-state index is 13.6. The number of hydrogen-bond acceptors (Lipinski definition) is 1. The Kier molecular flexibility index (Phi) is 2.11. The predicted molar refractivity (Wildman–Crippen MR) is 48.0 cm³/mol. The van der Waals surface area contributed by atoms with E-state index < -0.39 is 5.67 Å². The number of rotatable bonds is 1. The monoisotopic (exact) mass is 171 g/mol. The SMILES string of the molecule is CC1(F)CCCN(C2CCC2)C1. The fourth-order valence-electron chi connectivity index (χ4n) is 2.30. The molecule has 1 saturated heterocycles. The van der Waals surface area contributed by atoms with Gasteiger partial charge in [-0.2, -0.15) is 0 Å². The second kappa shape index (κ2) is 2.99. The Morgan fingerprint density at radius 3 is 2.58 bits per heavy atom. The van der Waals surface area contributed by atoms with Gasteiger partial charge in [-0.25, -0.2) is 4.39 Å². The third kappa shape index (κ3) is 1.63. The van der Waals surface area contributed by atoms with Gasteiger partial charge in [-0.05, 0) is 39.2 Å². The summed E-state index contributed by atoms with van der Waals surface area (Å²) < 4.78 is 13.6. The first-order chi connectivity index (χ1) is 5.67. The maximum absolute atomic E-state index is 13.6. The molecule has 2 rings (SSSR count). The van der Waals surface area contributed by atoms with Gasteiger partial charge in [0.1, 0.15) is 5.67 Å². The lowest BCUT2D eigenvalue weighted by molar-refractivity contribution is 0.0128. The predicted octanol–water partition coefficient (Wildman–Crippen LogP) is 2.36. The van der Waals surface area contributed by atoms with Crippen LogP contribution in [0.15, 0.2) is 0 Å². The molecule has 1 saturated carbocycles. The quantitative estimate of drug-likeness (QED) is 0.585. The molecule has 12 heavy (non-hydrogen) atoms. The Morgan fingerprint density at radius 2 is 2.08 bits per heavy atom. The fourth-order valence-corrected chi connectivity index (χ4v) is 2.30. The largest absolute Gasteiger partial charge is 0.297 e. The summed E-state index contributed by atoms with van der Waals surface area (Å²) in [6, 6.07) is 0.723. The van der Waals surface area contributed by atoms with Crippen LogP contribution in [0.25, 0.3) is 0 Å². The zero-order chi connectivity index (χ0) is 8.60. The summed E-state index contributed by atoms with van der Waals surface area (Å²) in [7, 11) is 0. The lowest BCUT2D eigenvalue weighted by atomic mass is 9.87. The molecule has 1 nitrogen and oxygen atoms in total. The standard InChI is InChI=1S/C10H18FN/c1-10(11)6-3-7-12(8-10)9-4-2-5-9/h9H,2-8H2,1H3. The lowest BCUT2D eigenvalue weighted by Gasteiger charge is -2.43. The third-order valence-electron chi connectivity index (χ3n) is 3.27. The molecular weight excluding hydrogens is 153 g/mol. The van der Waals surface area contributed by atoms with E-state index in [0.29, 0.717) is 6.54 Å². The minimum absolute atomic E-state index is 0.678. The smallest absolute Gasteiger partial charge is 0.120 e. The summed E-state index contributed by atoms with van der Waals surface area (Å²) in [5, 5.41) is 0. The molecule has 0 aromatic carbocycles. The lowest BCUT2D eigenvalue weighted by Crippen LogP contribution is -2.50. The van der Waals surface area contributed by atoms with E-state index in [-0.39, 0.29) is 0 Å². The van der Waals surface area contributed by atoms with E-state index >= 15 is 0 Å². The van der Waals surface area contributed by atoms with Gasteiger partial charge >= 0.3 is 0 Å². The summed E-state index contributed by atoms with van der Waals surface area (Å²) in [6.07, 6.45) is 5.76. The summed E-state index contributed by atoms with van der Waals surface area (Å²) in [6.45, 7) is 3.56. The Balaban J connectivity index is 1.89. The van der Waals surface area contributed by atoms with Crippen molar-refractivity contribution in [2.75, 3.05) is 13.1 Å². The molecule has 1 heterocycles. The van der Waals surface area contributed by atoms with E-state index in [4.69, 9.17) is 0 Å². The first kappa shape index (κ1) is 8.49. The zero-order valence-corrected chi connectivity index (χ0v) is 7.85. The molecule has 2 aliphatic rings. The first-order valence-corrected chi connectivity index (χ1v) is 5.10. The van der Waals surface area contributed by atoms with Crippen molar-refractivity contribution in [3.63, 3.8) is 0 Å². The third-order valence-corrected chi connectivity index (χ3v) is 3.27. The molecule has 1 aliphatic heterocycles. The van der Waals surface area contributed by atoms with Crippen LogP contribution in [0.3, 0.4) is 0 Å². The Bertz CT molecular complexity index is 163. The molecule has 2 heteroatoms. The van der Waals surface area contributed by atoms with E-state index in [1.807, 2.05) is 0 Å². The van der Waals surface area contributed by atoms with Crippen LogP contribution in [0.2, 0.25) is 0 Å². The van der Waals surface area contributed by atoms with Crippen molar-refractivity contribution in [1.29, 1.82) is 0 Å². The molecule has 0 amide bonds. The highest BCUT2D eigenvalue weighted by Gasteiger charge is 2.35. The molecule has 1 aliphatic carbocycles. The average Bonchev–Trinajstić information content (AvgIpc) is 1.80. The first-order valence-electron chi connectivity index (χ1n) is 5.10. The summed E-state index contributed by atoms with van der Waals surface area (Å²) in [5.74, 6) is 0. The molecule has 0 aromatic rings. The van der Waals surface area contributed by atoms with Crippen molar-refractivity contribution in [2.45, 2.75) is 50.7 Å². The molecule has 0 radical (unpaired) electrons. The van der Waals surface area contributed by atoms with Gasteiger partial charge in [0.2, 0.25) is 0 Å². The number of halogens is 1. The molecular formula is C10H18FN. The topological polar surface area (TPSA) is 3.24 Å². The minimum atomic E-state index is -0.909. The van der Waals surface area contributed by atoms with Crippen LogP contribution in [0.1, 0.15) is 39.0 Å². The summed E-state index contributed by atoms with van der Waals surface area (Å²) in [5.41, 5.74) is -0.909. The van der Waals surface area contributed by atoms with Crippen LogP contribution in [0.5, 0.6) is 0 Å². The summed E-state index contributed by atoms with van der Waals surface area (Å²) >= 11 is 0. The van der Waals surface area contributed by atoms with E-state index in [1.54, 1.807) is 6.92 Å². The van der Waals surface area contributed by atoms with Gasteiger partial charge in [0.25, 0.3) is 0 Å². The van der Waals surface area contributed by atoms with Crippen LogP contribution in [0.4, 0.5) is 4.39 Å². The number of piperidine rings is 1. The molecule has 2 fully saturated rings. The van der Waals surface area contributed by atoms with Crippen LogP contribution >= 0.6 is 0 Å². The van der Waals surface area contributed by atoms with Gasteiger partial charge in [0.05, 0.1) is 0 Å². The van der Waals surface area contributed by atoms with E-state index in [9.17, 15) is 4.39 Å². The van der Waals surface area contributed by atoms with Gasteiger partial charge in [0, 0.05) is 12.6 Å². The number of hydrogen-bond donors (Lipinski definition) is 0. The van der Waals surface area contributed by atoms with Crippen molar-refractivity contribution >= 4 is 0 Å². The van der Waals surface area contributed by atoms with Gasteiger partial charge in [-0.1, -0.05) is 6.42 Å². The molecule has 0 N–H and O–H groups in total. The van der Waals surface area contributed by atoms with Gasteiger partial charge in [-0.15, -0.1) is 0 Å². The fraction of sp³-hybridized carbons (Fsp3) is 1.00. The van der Waals surface area contributed by atoms with E-state index in [2.05, 4.69) is 4.90 Å². The van der Waals surface area contributed by atoms with Crippen molar-refractivity contribution in [2.24, 2.45) is 0 Å². The number of alkyl halides is 1. The van der Waals surface area contributed by atoms with Gasteiger partial charge < -0.3 is 0 Å². The second-order valence-electron chi connectivity index (χ2n) is 4.57. The molecule has 0 bridgehead atoms. The normalized spacial score (nSPS) is 39.5. The zero-order valence-electron chi connectivity index (χ0n) is 7.85. The number of likely N-dealkylation sites (tertiary alicyclic amines) is 1. The molecule has 0 spiro atoms. The van der Waals surface area contributed by atoms with Crippen LogP contribution < -0.4 is 0 Å². The van der Waals surface area contributed by atoms with Crippen LogP contribution in [-0.2, 0) is 0 Å². The van der Waals surface area contributed by atoms with Crippen molar-refractivity contribution < 1.29 is 4.39 Å². The summed E-state index contributed by atoms with van der Waals surface area (Å²) in [4.78, 5) is 2.35. The highest BCUT2D eigenvalue weighted by molar-refractivity contribution is 4.89. The van der Waals surface area contributed by atoms with Gasteiger partial charge in [0.15, 0.2) is 0 Å². The Labute approximate surface area is 73.9 Å². The molecule has 70 valence electrons. The van der Waals surface area contributed by atoms with Crippen molar-refractivity contribution in [3.05, 3.63) is 0 Å². The second-order valence-corrected chi connectivity index (χ2v) is 4.57. The average molecular weight is 171 g/mol. The minimum Gasteiger partial charge on any atom is -0.297 e. The van der Waals surface area contributed by atoms with Crippen molar-refractivity contribution in [3.8, 4) is 0 Å². The molecule has 0 aromatic heterocycles.